The van der Waals surface area contributed by atoms with Crippen LogP contribution in [-0.4, -0.2) is 24.0 Å². The molecule has 0 bridgehead atoms. The van der Waals surface area contributed by atoms with Gasteiger partial charge in [-0.1, -0.05) is 12.1 Å². The second-order valence-corrected chi connectivity index (χ2v) is 7.67. The number of aromatic nitrogens is 1. The lowest BCUT2D eigenvalue weighted by atomic mass is 10.1. The summed E-state index contributed by atoms with van der Waals surface area (Å²) in [5.74, 6) is 2.23. The number of nitrogens with zero attached hydrogens (tertiary/aromatic N) is 3. The molecule has 3 heterocycles. The monoisotopic (exact) mass is 432 g/mol. The number of benzene rings is 2. The summed E-state index contributed by atoms with van der Waals surface area (Å²) in [4.78, 5) is 15.5. The molecule has 1 N–H and O–H groups in total. The first-order valence-corrected chi connectivity index (χ1v) is 10.3. The molecule has 1 unspecified atom stereocenters. The molecule has 3 aromatic rings. The number of carbonyl (C=O) groups excluding carboxylic acids is 1. The largest absolute Gasteiger partial charge is 0.485 e. The number of nitriles is 1. The van der Waals surface area contributed by atoms with E-state index in [1.54, 1.807) is 18.2 Å². The van der Waals surface area contributed by atoms with Crippen LogP contribution in [0.3, 0.4) is 0 Å². The van der Waals surface area contributed by atoms with Crippen molar-refractivity contribution in [2.45, 2.75) is 6.10 Å². The number of nitrogens with one attached hydrogen (secondary N) is 1. The van der Waals surface area contributed by atoms with Crippen LogP contribution in [0.15, 0.2) is 60.8 Å². The summed E-state index contributed by atoms with van der Waals surface area (Å²) in [5.41, 5.74) is 2.28. The molecule has 8 nitrogen and oxygen atoms in total. The lowest BCUT2D eigenvalue weighted by Crippen LogP contribution is -2.15. The van der Waals surface area contributed by atoms with Gasteiger partial charge in [-0.3, -0.25) is 13.8 Å². The van der Waals surface area contributed by atoms with Crippen molar-refractivity contribution < 1.29 is 19.0 Å². The number of fused-ring (bicyclic) bond motifs is 1. The topological polar surface area (TPSA) is 96.7 Å². The Morgan fingerprint density at radius 1 is 1.19 bits per heavy atom. The fourth-order valence-electron chi connectivity index (χ4n) is 3.29. The minimum Gasteiger partial charge on any atom is -0.485 e. The van der Waals surface area contributed by atoms with Gasteiger partial charge in [0.15, 0.2) is 17.6 Å². The van der Waals surface area contributed by atoms with Gasteiger partial charge in [-0.05, 0) is 36.4 Å². The molecule has 0 aliphatic carbocycles. The minimum absolute atomic E-state index is 0.0146. The average Bonchev–Trinajstić information content (AvgIpc) is 3.42. The molecule has 0 saturated carbocycles. The van der Waals surface area contributed by atoms with Gasteiger partial charge < -0.3 is 14.2 Å². The van der Waals surface area contributed by atoms with Gasteiger partial charge in [0.05, 0.1) is 17.7 Å². The van der Waals surface area contributed by atoms with Crippen molar-refractivity contribution in [2.24, 2.45) is 0 Å². The van der Waals surface area contributed by atoms with Crippen LogP contribution in [0, 0.1) is 11.3 Å². The Morgan fingerprint density at radius 2 is 2.06 bits per heavy atom. The lowest BCUT2D eigenvalue weighted by molar-refractivity contribution is -0.117. The predicted molar refractivity (Wildman–Crippen MR) is 114 cm³/mol. The highest BCUT2D eigenvalue weighted by Crippen LogP contribution is 2.43. The molecule has 1 saturated heterocycles. The van der Waals surface area contributed by atoms with Crippen LogP contribution in [0.5, 0.6) is 23.1 Å². The van der Waals surface area contributed by atoms with Crippen molar-refractivity contribution in [3.63, 3.8) is 0 Å². The first-order valence-electron chi connectivity index (χ1n) is 9.49. The van der Waals surface area contributed by atoms with Crippen molar-refractivity contribution in [3.05, 3.63) is 71.9 Å². The van der Waals surface area contributed by atoms with E-state index in [1.165, 1.54) is 18.3 Å². The molecule has 9 heteroatoms. The van der Waals surface area contributed by atoms with E-state index in [9.17, 15) is 4.79 Å². The Labute approximate surface area is 182 Å². The number of para-hydroxylation sites is 1. The quantitative estimate of drug-likeness (QED) is 0.609. The Bertz CT molecular complexity index is 1160. The molecule has 154 valence electrons. The summed E-state index contributed by atoms with van der Waals surface area (Å²) in [6.07, 6.45) is 1.18. The number of carbonyl (C=O) groups is 1. The molecule has 0 spiro atoms. The van der Waals surface area contributed by atoms with E-state index in [0.717, 1.165) is 11.3 Å². The third kappa shape index (κ3) is 3.93. The number of pyridine rings is 1. The number of rotatable bonds is 5. The molecule has 5 rings (SSSR count). The molecule has 1 amide bonds. The van der Waals surface area contributed by atoms with Crippen LogP contribution >= 0.6 is 12.1 Å². The van der Waals surface area contributed by atoms with Gasteiger partial charge in [-0.15, -0.1) is 0 Å². The number of amides is 1. The normalized spacial score (nSPS) is 16.8. The number of ether oxygens (including phenoxy) is 3. The maximum absolute atomic E-state index is 11.4. The summed E-state index contributed by atoms with van der Waals surface area (Å²) in [6, 6.07) is 18.5. The first-order chi connectivity index (χ1) is 15.2. The molecule has 1 aromatic heterocycles. The zero-order valence-electron chi connectivity index (χ0n) is 16.1. The minimum atomic E-state index is -0.275. The van der Waals surface area contributed by atoms with Crippen LogP contribution in [0.1, 0.15) is 17.2 Å². The molecular formula is C22H16N4O4S. The highest BCUT2D eigenvalue weighted by atomic mass is 32.2. The lowest BCUT2D eigenvalue weighted by Gasteiger charge is -2.16. The van der Waals surface area contributed by atoms with E-state index < -0.39 is 0 Å². The van der Waals surface area contributed by atoms with Crippen molar-refractivity contribution in [2.75, 3.05) is 17.5 Å². The van der Waals surface area contributed by atoms with Crippen LogP contribution in [0.4, 0.5) is 5.69 Å². The number of hydrogen-bond donors (Lipinski definition) is 1. The predicted octanol–water partition coefficient (Wildman–Crippen LogP) is 3.76. The number of hydrogen-bond acceptors (Lipinski definition) is 8. The molecule has 1 fully saturated rings. The summed E-state index contributed by atoms with van der Waals surface area (Å²) in [7, 11) is 0. The van der Waals surface area contributed by atoms with Gasteiger partial charge >= 0.3 is 0 Å². The summed E-state index contributed by atoms with van der Waals surface area (Å²) >= 11 is 1.28. The summed E-state index contributed by atoms with van der Waals surface area (Å²) in [5, 5.41) is 8.89. The fourth-order valence-corrected chi connectivity index (χ4v) is 3.97. The molecule has 1 atom stereocenters. The van der Waals surface area contributed by atoms with E-state index in [4.69, 9.17) is 19.5 Å². The third-order valence-electron chi connectivity index (χ3n) is 4.78. The highest BCUT2D eigenvalue weighted by Gasteiger charge is 2.29. The summed E-state index contributed by atoms with van der Waals surface area (Å²) in [6.45, 7) is 0.685. The Hall–Kier alpha value is -3.90. The third-order valence-corrected chi connectivity index (χ3v) is 5.65. The van der Waals surface area contributed by atoms with Crippen molar-refractivity contribution in [3.8, 4) is 29.2 Å². The molecule has 2 aliphatic rings. The first kappa shape index (κ1) is 19.1. The van der Waals surface area contributed by atoms with Gasteiger partial charge in [0.1, 0.15) is 25.0 Å². The summed E-state index contributed by atoms with van der Waals surface area (Å²) < 4.78 is 22.4. The average molecular weight is 432 g/mol. The second-order valence-electron chi connectivity index (χ2n) is 6.84. The van der Waals surface area contributed by atoms with E-state index in [0.29, 0.717) is 41.8 Å². The van der Waals surface area contributed by atoms with Crippen molar-refractivity contribution in [1.29, 1.82) is 5.26 Å². The zero-order chi connectivity index (χ0) is 21.2. The molecular weight excluding hydrogens is 416 g/mol. The molecule has 0 radical (unpaired) electrons. The molecule has 2 aromatic carbocycles. The van der Waals surface area contributed by atoms with Gasteiger partial charge in [0, 0.05) is 23.5 Å². The Kier molecular flexibility index (Phi) is 4.98. The van der Waals surface area contributed by atoms with Crippen LogP contribution < -0.4 is 23.2 Å². The highest BCUT2D eigenvalue weighted by molar-refractivity contribution is 7.99. The maximum atomic E-state index is 11.4. The Morgan fingerprint density at radius 3 is 2.77 bits per heavy atom. The van der Waals surface area contributed by atoms with Gasteiger partial charge in [0.2, 0.25) is 5.88 Å². The second kappa shape index (κ2) is 8.08. The van der Waals surface area contributed by atoms with E-state index in [2.05, 4.69) is 9.71 Å². The van der Waals surface area contributed by atoms with E-state index in [-0.39, 0.29) is 12.0 Å². The van der Waals surface area contributed by atoms with E-state index >= 15 is 0 Å². The van der Waals surface area contributed by atoms with Gasteiger partial charge in [-0.25, -0.2) is 4.98 Å². The smallest absolute Gasteiger partial charge is 0.251 e. The standard InChI is InChI=1S/C22H16N4O4S/c23-10-14-4-9-21(24-11-14)30-18-3-1-2-17-19(13-28-22(17)18)29-16-7-5-15(6-8-16)26-12-20(27)25-31-26/h1-9,11,19H,12-13H2,(H,25,27). The fraction of sp³-hybridized carbons (Fsp3) is 0.136. The Balaban J connectivity index is 1.30. The van der Waals surface area contributed by atoms with Gasteiger partial charge in [-0.2, -0.15) is 5.26 Å². The van der Waals surface area contributed by atoms with Crippen LogP contribution in [-0.2, 0) is 4.79 Å². The molecule has 2 aliphatic heterocycles. The van der Waals surface area contributed by atoms with Gasteiger partial charge in [0.25, 0.3) is 5.91 Å². The zero-order valence-corrected chi connectivity index (χ0v) is 17.0. The SMILES string of the molecule is N#Cc1ccc(Oc2cccc3c2OCC3Oc2ccc(N3CC(=O)NS3)cc2)nc1. The number of anilines is 1. The maximum Gasteiger partial charge on any atom is 0.251 e. The van der Waals surface area contributed by atoms with Crippen molar-refractivity contribution >= 4 is 23.7 Å². The van der Waals surface area contributed by atoms with E-state index in [1.807, 2.05) is 46.8 Å². The van der Waals surface area contributed by atoms with Crippen LogP contribution in [0.25, 0.3) is 0 Å². The van der Waals surface area contributed by atoms with Crippen molar-refractivity contribution in [1.82, 2.24) is 9.71 Å². The van der Waals surface area contributed by atoms with Crippen LogP contribution in [0.2, 0.25) is 0 Å². The molecule has 31 heavy (non-hydrogen) atoms.